The average Bonchev–Trinajstić information content (AvgIpc) is 2.14. The molecule has 0 aliphatic rings. The molecule has 6 nitrogen and oxygen atoms in total. The van der Waals surface area contributed by atoms with Crippen LogP contribution in [0.4, 0.5) is 0 Å². The molecule has 2 unspecified atom stereocenters. The van der Waals surface area contributed by atoms with E-state index in [1.807, 2.05) is 0 Å². The maximum atomic E-state index is 11.4. The van der Waals surface area contributed by atoms with Crippen LogP contribution in [0.1, 0.15) is 13.3 Å². The van der Waals surface area contributed by atoms with Crippen molar-refractivity contribution in [1.82, 2.24) is 5.32 Å². The summed E-state index contributed by atoms with van der Waals surface area (Å²) in [5.41, 5.74) is 0. The topological polar surface area (TPSA) is 101 Å². The maximum absolute atomic E-state index is 11.4. The van der Waals surface area contributed by atoms with E-state index in [0.717, 1.165) is 6.26 Å². The first-order valence-electron chi connectivity index (χ1n) is 4.53. The van der Waals surface area contributed by atoms with Gasteiger partial charge in [-0.2, -0.15) is 0 Å². The Morgan fingerprint density at radius 2 is 2.00 bits per heavy atom. The highest BCUT2D eigenvalue weighted by molar-refractivity contribution is 7.92. The Morgan fingerprint density at radius 3 is 2.31 bits per heavy atom. The highest BCUT2D eigenvalue weighted by Crippen LogP contribution is 2.00. The van der Waals surface area contributed by atoms with Crippen molar-refractivity contribution in [2.45, 2.75) is 24.6 Å². The summed E-state index contributed by atoms with van der Waals surface area (Å²) >= 11 is 0. The molecule has 16 heavy (non-hydrogen) atoms. The lowest BCUT2D eigenvalue weighted by Gasteiger charge is -2.15. The molecular weight excluding hydrogens is 234 g/mol. The molecule has 0 aliphatic carbocycles. The van der Waals surface area contributed by atoms with Gasteiger partial charge in [-0.05, 0) is 13.3 Å². The molecule has 0 spiro atoms. The van der Waals surface area contributed by atoms with Crippen molar-refractivity contribution in [3.8, 4) is 0 Å². The van der Waals surface area contributed by atoms with Gasteiger partial charge < -0.3 is 10.4 Å². The van der Waals surface area contributed by atoms with E-state index in [-0.39, 0.29) is 6.42 Å². The third-order valence-electron chi connectivity index (χ3n) is 2.03. The molecule has 0 bridgehead atoms. The van der Waals surface area contributed by atoms with Crippen molar-refractivity contribution in [3.63, 3.8) is 0 Å². The molecule has 2 N–H and O–H groups in total. The van der Waals surface area contributed by atoms with Gasteiger partial charge in [0.05, 0.1) is 0 Å². The summed E-state index contributed by atoms with van der Waals surface area (Å²) in [6.07, 6.45) is 2.29. The van der Waals surface area contributed by atoms with Crippen LogP contribution in [0.15, 0.2) is 12.7 Å². The van der Waals surface area contributed by atoms with Crippen LogP contribution < -0.4 is 5.32 Å². The van der Waals surface area contributed by atoms with Gasteiger partial charge in [0.2, 0.25) is 5.91 Å². The van der Waals surface area contributed by atoms with Crippen LogP contribution in [-0.2, 0) is 19.4 Å². The van der Waals surface area contributed by atoms with Crippen LogP contribution in [0.3, 0.4) is 0 Å². The predicted molar refractivity (Wildman–Crippen MR) is 58.7 cm³/mol. The van der Waals surface area contributed by atoms with Crippen LogP contribution in [0.2, 0.25) is 0 Å². The monoisotopic (exact) mass is 249 g/mol. The number of carbonyl (C=O) groups excluding carboxylic acids is 1. The highest BCUT2D eigenvalue weighted by Gasteiger charge is 2.27. The third-order valence-corrected chi connectivity index (χ3v) is 3.53. The van der Waals surface area contributed by atoms with E-state index in [4.69, 9.17) is 5.11 Å². The van der Waals surface area contributed by atoms with Crippen LogP contribution in [0.5, 0.6) is 0 Å². The molecule has 0 aromatic rings. The molecule has 0 heterocycles. The molecule has 0 radical (unpaired) electrons. The second-order valence-corrected chi connectivity index (χ2v) is 5.76. The number of hydrogen-bond donors (Lipinski definition) is 2. The second-order valence-electron chi connectivity index (χ2n) is 3.40. The van der Waals surface area contributed by atoms with E-state index in [0.29, 0.717) is 0 Å². The average molecular weight is 249 g/mol. The van der Waals surface area contributed by atoms with E-state index < -0.39 is 33.0 Å². The van der Waals surface area contributed by atoms with Gasteiger partial charge in [-0.15, -0.1) is 6.58 Å². The Bertz CT molecular complexity index is 387. The fourth-order valence-electron chi connectivity index (χ4n) is 0.872. The Morgan fingerprint density at radius 1 is 1.50 bits per heavy atom. The standard InChI is InChI=1S/C9H15NO5S/c1-4-5-7(9(12)13)10-8(11)6(2)16(3,14)15/h4,6-7H,1,5H2,2-3H3,(H,10,11)(H,12,13). The minimum absolute atomic E-state index is 0.0392. The first-order valence-corrected chi connectivity index (χ1v) is 6.48. The minimum atomic E-state index is -3.52. The number of carboxylic acid groups (broad SMARTS) is 1. The number of aliphatic carboxylic acids is 1. The van der Waals surface area contributed by atoms with Crippen LogP contribution in [0, 0.1) is 0 Å². The van der Waals surface area contributed by atoms with Gasteiger partial charge in [-0.3, -0.25) is 4.79 Å². The van der Waals surface area contributed by atoms with E-state index in [1.54, 1.807) is 0 Å². The van der Waals surface area contributed by atoms with E-state index >= 15 is 0 Å². The highest BCUT2D eigenvalue weighted by atomic mass is 32.2. The van der Waals surface area contributed by atoms with Gasteiger partial charge in [-0.1, -0.05) is 6.08 Å². The zero-order valence-electron chi connectivity index (χ0n) is 9.13. The number of carboxylic acids is 1. The number of hydrogen-bond acceptors (Lipinski definition) is 4. The molecule has 0 saturated carbocycles. The van der Waals surface area contributed by atoms with Crippen molar-refractivity contribution < 1.29 is 23.1 Å². The van der Waals surface area contributed by atoms with Gasteiger partial charge in [-0.25, -0.2) is 13.2 Å². The van der Waals surface area contributed by atoms with Crippen molar-refractivity contribution in [2.75, 3.05) is 6.26 Å². The summed E-state index contributed by atoms with van der Waals surface area (Å²) in [5, 5.41) is 9.60. The van der Waals surface area contributed by atoms with Crippen molar-refractivity contribution in [2.24, 2.45) is 0 Å². The smallest absolute Gasteiger partial charge is 0.326 e. The number of nitrogens with one attached hydrogen (secondary N) is 1. The number of carbonyl (C=O) groups is 2. The summed E-state index contributed by atoms with van der Waals surface area (Å²) in [6.45, 7) is 4.56. The summed E-state index contributed by atoms with van der Waals surface area (Å²) in [7, 11) is -3.52. The Balaban J connectivity index is 4.65. The SMILES string of the molecule is C=CCC(NC(=O)C(C)S(C)(=O)=O)C(=O)O. The predicted octanol–water partition coefficient (Wildman–Crippen LogP) is -0.435. The van der Waals surface area contributed by atoms with E-state index in [9.17, 15) is 18.0 Å². The molecule has 0 aromatic carbocycles. The Labute approximate surface area is 94.3 Å². The zero-order valence-corrected chi connectivity index (χ0v) is 9.95. The first kappa shape index (κ1) is 14.6. The normalized spacial score (nSPS) is 14.9. The van der Waals surface area contributed by atoms with Crippen molar-refractivity contribution in [3.05, 3.63) is 12.7 Å². The van der Waals surface area contributed by atoms with Crippen molar-refractivity contribution in [1.29, 1.82) is 0 Å². The summed E-state index contributed by atoms with van der Waals surface area (Å²) < 4.78 is 22.1. The summed E-state index contributed by atoms with van der Waals surface area (Å²) in [5.74, 6) is -2.05. The third kappa shape index (κ3) is 4.43. The van der Waals surface area contributed by atoms with Gasteiger partial charge in [0.25, 0.3) is 0 Å². The molecule has 0 saturated heterocycles. The Kier molecular flexibility index (Phi) is 5.16. The van der Waals surface area contributed by atoms with E-state index in [1.165, 1.54) is 13.0 Å². The maximum Gasteiger partial charge on any atom is 0.326 e. The number of amides is 1. The minimum Gasteiger partial charge on any atom is -0.480 e. The molecule has 0 rings (SSSR count). The Hall–Kier alpha value is -1.37. The quantitative estimate of drug-likeness (QED) is 0.622. The van der Waals surface area contributed by atoms with Crippen LogP contribution in [-0.4, -0.2) is 42.9 Å². The lowest BCUT2D eigenvalue weighted by molar-refractivity contribution is -0.141. The van der Waals surface area contributed by atoms with Crippen LogP contribution >= 0.6 is 0 Å². The first-order chi connectivity index (χ1) is 7.20. The molecule has 92 valence electrons. The molecule has 0 aromatic heterocycles. The van der Waals surface area contributed by atoms with Gasteiger partial charge in [0.15, 0.2) is 9.84 Å². The lowest BCUT2D eigenvalue weighted by atomic mass is 10.2. The van der Waals surface area contributed by atoms with Crippen LogP contribution in [0.25, 0.3) is 0 Å². The lowest BCUT2D eigenvalue weighted by Crippen LogP contribution is -2.46. The van der Waals surface area contributed by atoms with Crippen molar-refractivity contribution >= 4 is 21.7 Å². The molecule has 0 aliphatic heterocycles. The number of rotatable bonds is 6. The van der Waals surface area contributed by atoms with E-state index in [2.05, 4.69) is 11.9 Å². The largest absolute Gasteiger partial charge is 0.480 e. The molecule has 0 fully saturated rings. The molecule has 7 heteroatoms. The van der Waals surface area contributed by atoms with Gasteiger partial charge in [0, 0.05) is 6.26 Å². The fraction of sp³-hybridized carbons (Fsp3) is 0.556. The fourth-order valence-corrected chi connectivity index (χ4v) is 1.33. The molecule has 2 atom stereocenters. The molecular formula is C9H15NO5S. The second kappa shape index (κ2) is 5.64. The summed E-state index contributed by atoms with van der Waals surface area (Å²) in [6, 6.07) is -1.14. The zero-order chi connectivity index (χ0) is 12.9. The van der Waals surface area contributed by atoms with Gasteiger partial charge in [0.1, 0.15) is 11.3 Å². The van der Waals surface area contributed by atoms with Gasteiger partial charge >= 0.3 is 5.97 Å². The number of sulfone groups is 1. The molecule has 1 amide bonds. The summed E-state index contributed by atoms with van der Waals surface area (Å²) in [4.78, 5) is 22.1.